The molecule has 0 radical (unpaired) electrons. The van der Waals surface area contributed by atoms with Gasteiger partial charge in [-0.1, -0.05) is 133 Å². The lowest BCUT2D eigenvalue weighted by molar-refractivity contribution is -0.00000750. The molecule has 0 heterocycles. The molecule has 1 unspecified atom stereocenters. The van der Waals surface area contributed by atoms with Gasteiger partial charge < -0.3 is 12.4 Å². The number of halogens is 1. The van der Waals surface area contributed by atoms with Crippen LogP contribution in [0.25, 0.3) is 21.5 Å². The van der Waals surface area contributed by atoms with Crippen LogP contribution in [0.5, 0.6) is 0 Å². The molecular formula is C39H30ClP. The Bertz CT molecular complexity index is 1730. The maximum Gasteiger partial charge on any atom is 0.135 e. The van der Waals surface area contributed by atoms with Crippen molar-refractivity contribution in [1.82, 2.24) is 0 Å². The average Bonchev–Trinajstić information content (AvgIpc) is 3.04. The first-order valence-electron chi connectivity index (χ1n) is 13.9. The zero-order valence-electron chi connectivity index (χ0n) is 22.6. The molecule has 0 aromatic heterocycles. The summed E-state index contributed by atoms with van der Waals surface area (Å²) in [6.07, 6.45) is 0. The van der Waals surface area contributed by atoms with Crippen molar-refractivity contribution in [1.29, 1.82) is 0 Å². The Morgan fingerprint density at radius 2 is 0.707 bits per heavy atom. The van der Waals surface area contributed by atoms with Crippen molar-refractivity contribution in [2.45, 2.75) is 5.66 Å². The van der Waals surface area contributed by atoms with Crippen LogP contribution in [0.3, 0.4) is 0 Å². The first-order valence-corrected chi connectivity index (χ1v) is 15.7. The molecule has 0 aliphatic rings. The van der Waals surface area contributed by atoms with Gasteiger partial charge in [0.1, 0.15) is 28.8 Å². The second-order valence-electron chi connectivity index (χ2n) is 10.3. The first kappa shape index (κ1) is 27.0. The molecule has 0 saturated carbocycles. The van der Waals surface area contributed by atoms with Gasteiger partial charge >= 0.3 is 0 Å². The van der Waals surface area contributed by atoms with Gasteiger partial charge in [0, 0.05) is 5.56 Å². The second-order valence-corrected chi connectivity index (χ2v) is 13.8. The molecule has 7 aromatic rings. The van der Waals surface area contributed by atoms with Crippen LogP contribution in [-0.4, -0.2) is 0 Å². The smallest absolute Gasteiger partial charge is 0.135 e. The summed E-state index contributed by atoms with van der Waals surface area (Å²) in [5.41, 5.74) is 2.84. The lowest BCUT2D eigenvalue weighted by Crippen LogP contribution is -3.00. The van der Waals surface area contributed by atoms with E-state index in [0.29, 0.717) is 0 Å². The van der Waals surface area contributed by atoms with Gasteiger partial charge in [0.05, 0.1) is 0 Å². The standard InChI is InChI=1S/C39H30P.ClH/c1-5-17-30(18-6-1)39(38-36-27-15-13-19-31(36)29-32-20-14-16-28-37(32)38)40(33-21-7-2-8-22-33,34-23-9-3-10-24-34)35-25-11-4-12-26-35;/h1-29,39H;1H/q+1;/p-1. The molecule has 0 bridgehead atoms. The summed E-state index contributed by atoms with van der Waals surface area (Å²) in [6, 6.07) is 65.2. The highest BCUT2D eigenvalue weighted by molar-refractivity contribution is 7.96. The van der Waals surface area contributed by atoms with Crippen molar-refractivity contribution in [3.8, 4) is 0 Å². The van der Waals surface area contributed by atoms with Gasteiger partial charge in [-0.25, -0.2) is 0 Å². The van der Waals surface area contributed by atoms with Gasteiger partial charge in [0.15, 0.2) is 0 Å². The second kappa shape index (κ2) is 11.7. The van der Waals surface area contributed by atoms with Crippen LogP contribution in [-0.2, 0) is 0 Å². The maximum atomic E-state index is 2.36. The molecule has 0 spiro atoms. The van der Waals surface area contributed by atoms with Gasteiger partial charge in [-0.2, -0.15) is 0 Å². The molecule has 1 atom stereocenters. The van der Waals surface area contributed by atoms with Crippen molar-refractivity contribution < 1.29 is 12.4 Å². The Labute approximate surface area is 249 Å². The Kier molecular flexibility index (Phi) is 7.71. The molecule has 0 fully saturated rings. The lowest BCUT2D eigenvalue weighted by Gasteiger charge is -2.36. The van der Waals surface area contributed by atoms with E-state index in [-0.39, 0.29) is 18.1 Å². The zero-order chi connectivity index (χ0) is 26.8. The highest BCUT2D eigenvalue weighted by atomic mass is 35.5. The molecule has 0 N–H and O–H groups in total. The summed E-state index contributed by atoms with van der Waals surface area (Å²) >= 11 is 0. The van der Waals surface area contributed by atoms with Crippen LogP contribution in [0.1, 0.15) is 16.8 Å². The largest absolute Gasteiger partial charge is 1.00 e. The van der Waals surface area contributed by atoms with E-state index >= 15 is 0 Å². The van der Waals surface area contributed by atoms with E-state index in [0.717, 1.165) is 0 Å². The topological polar surface area (TPSA) is 0 Å². The summed E-state index contributed by atoms with van der Waals surface area (Å²) in [5, 5.41) is 9.37. The molecule has 0 amide bonds. The van der Waals surface area contributed by atoms with Crippen LogP contribution in [0.2, 0.25) is 0 Å². The fourth-order valence-corrected chi connectivity index (χ4v) is 11.4. The van der Waals surface area contributed by atoms with Gasteiger partial charge in [-0.05, 0) is 69.6 Å². The highest BCUT2D eigenvalue weighted by Gasteiger charge is 2.54. The summed E-state index contributed by atoms with van der Waals surface area (Å²) < 4.78 is 0. The Morgan fingerprint density at radius 3 is 1.12 bits per heavy atom. The minimum Gasteiger partial charge on any atom is -1.00 e. The molecule has 0 saturated heterocycles. The van der Waals surface area contributed by atoms with Crippen molar-refractivity contribution in [3.05, 3.63) is 187 Å². The fourth-order valence-electron chi connectivity index (χ4n) is 6.45. The summed E-state index contributed by atoms with van der Waals surface area (Å²) in [5.74, 6) is 0. The van der Waals surface area contributed by atoms with E-state index in [1.54, 1.807) is 0 Å². The minimum absolute atomic E-state index is 0. The SMILES string of the molecule is [Cl-].c1ccc(C(c2c3ccccc3cc3ccccc23)[P+](c2ccccc2)(c2ccccc2)c2ccccc2)cc1. The average molecular weight is 565 g/mol. The number of fused-ring (bicyclic) bond motifs is 2. The molecular weight excluding hydrogens is 535 g/mol. The first-order chi connectivity index (χ1) is 19.9. The van der Waals surface area contributed by atoms with E-state index in [4.69, 9.17) is 0 Å². The maximum absolute atomic E-state index is 2.36. The quantitative estimate of drug-likeness (QED) is 0.170. The molecule has 0 aliphatic heterocycles. The Balaban J connectivity index is 0.00000302. The number of rotatable bonds is 6. The third-order valence-electron chi connectivity index (χ3n) is 8.08. The van der Waals surface area contributed by atoms with E-state index < -0.39 is 7.26 Å². The molecule has 198 valence electrons. The lowest BCUT2D eigenvalue weighted by atomic mass is 9.92. The van der Waals surface area contributed by atoms with Crippen LogP contribution in [0.15, 0.2) is 176 Å². The number of benzene rings is 7. The predicted octanol–water partition coefficient (Wildman–Crippen LogP) is 6.08. The highest BCUT2D eigenvalue weighted by Crippen LogP contribution is 2.70. The minimum atomic E-state index is -2.32. The van der Waals surface area contributed by atoms with Gasteiger partial charge in [0.2, 0.25) is 0 Å². The molecule has 2 heteroatoms. The predicted molar refractivity (Wildman–Crippen MR) is 175 cm³/mol. The van der Waals surface area contributed by atoms with Gasteiger partial charge in [-0.3, -0.25) is 0 Å². The summed E-state index contributed by atoms with van der Waals surface area (Å²) in [6.45, 7) is 0. The third-order valence-corrected chi connectivity index (χ3v) is 12.7. The van der Waals surface area contributed by atoms with Crippen molar-refractivity contribution in [2.24, 2.45) is 0 Å². The van der Waals surface area contributed by atoms with E-state index in [1.807, 2.05) is 0 Å². The van der Waals surface area contributed by atoms with E-state index in [2.05, 4.69) is 176 Å². The number of hydrogen-bond donors (Lipinski definition) is 0. The van der Waals surface area contributed by atoms with Crippen molar-refractivity contribution >= 4 is 44.7 Å². The van der Waals surface area contributed by atoms with Crippen LogP contribution in [0, 0.1) is 0 Å². The van der Waals surface area contributed by atoms with Crippen LogP contribution >= 0.6 is 7.26 Å². The van der Waals surface area contributed by atoms with E-state index in [9.17, 15) is 0 Å². The number of hydrogen-bond acceptors (Lipinski definition) is 0. The van der Waals surface area contributed by atoms with Crippen molar-refractivity contribution in [2.75, 3.05) is 0 Å². The molecule has 0 aliphatic carbocycles. The molecule has 0 nitrogen and oxygen atoms in total. The summed E-state index contributed by atoms with van der Waals surface area (Å²) in [4.78, 5) is 0. The molecule has 41 heavy (non-hydrogen) atoms. The monoisotopic (exact) mass is 564 g/mol. The third kappa shape index (κ3) is 4.64. The molecule has 7 aromatic carbocycles. The fraction of sp³-hybridized carbons (Fsp3) is 0.0256. The zero-order valence-corrected chi connectivity index (χ0v) is 24.3. The molecule has 7 rings (SSSR count). The Morgan fingerprint density at radius 1 is 0.366 bits per heavy atom. The Hall–Kier alpha value is -4.22. The van der Waals surface area contributed by atoms with Gasteiger partial charge in [-0.15, -0.1) is 0 Å². The van der Waals surface area contributed by atoms with Crippen molar-refractivity contribution in [3.63, 3.8) is 0 Å². The van der Waals surface area contributed by atoms with Crippen LogP contribution in [0.4, 0.5) is 0 Å². The van der Waals surface area contributed by atoms with Crippen LogP contribution < -0.4 is 28.3 Å². The van der Waals surface area contributed by atoms with E-state index in [1.165, 1.54) is 48.6 Å². The van der Waals surface area contributed by atoms with Gasteiger partial charge in [0.25, 0.3) is 0 Å². The normalized spacial score (nSPS) is 12.1. The summed E-state index contributed by atoms with van der Waals surface area (Å²) in [7, 11) is -2.32.